The molecule has 3 aromatic heterocycles. The van der Waals surface area contributed by atoms with Crippen molar-refractivity contribution in [2.75, 3.05) is 6.61 Å². The van der Waals surface area contributed by atoms with Crippen molar-refractivity contribution in [3.05, 3.63) is 18.2 Å². The van der Waals surface area contributed by atoms with E-state index < -0.39 is 37.0 Å². The van der Waals surface area contributed by atoms with E-state index in [9.17, 15) is 20.4 Å². The number of hydrogen-bond donors (Lipinski definition) is 5. The maximum Gasteiger partial charge on any atom is 0.257 e. The standard InChI is InChI=1S/C13H15N7O6/c21-2-5-1-20(18-17-5)13-15-10-7(11(25)16-13)14-4-19(10)12-9(24)8(23)6(3-22)26-12/h1,4,6,8-9,12,21-24H,2-3H2,(H,15,16,25)/t6-,8-,9-,12-/m1/s1. The summed E-state index contributed by atoms with van der Waals surface area (Å²) in [6, 6.07) is 0. The van der Waals surface area contributed by atoms with Crippen LogP contribution in [0.1, 0.15) is 11.9 Å². The topological polar surface area (TPSA) is 185 Å². The molecular weight excluding hydrogens is 350 g/mol. The monoisotopic (exact) mass is 365 g/mol. The van der Waals surface area contributed by atoms with E-state index in [0.717, 1.165) is 4.68 Å². The Morgan fingerprint density at radius 1 is 1.15 bits per heavy atom. The van der Waals surface area contributed by atoms with Gasteiger partial charge in [0, 0.05) is 0 Å². The van der Waals surface area contributed by atoms with Gasteiger partial charge in [-0.3, -0.25) is 4.57 Å². The fraction of sp³-hybridized carbons (Fsp3) is 0.462. The number of fused-ring (bicyclic) bond motifs is 1. The molecule has 138 valence electrons. The maximum absolute atomic E-state index is 10.2. The summed E-state index contributed by atoms with van der Waals surface area (Å²) >= 11 is 0. The van der Waals surface area contributed by atoms with Crippen LogP contribution in [-0.2, 0) is 11.3 Å². The van der Waals surface area contributed by atoms with Crippen LogP contribution in [0.2, 0.25) is 0 Å². The van der Waals surface area contributed by atoms with Crippen molar-refractivity contribution < 1.29 is 30.3 Å². The van der Waals surface area contributed by atoms with Gasteiger partial charge in [0.2, 0.25) is 5.88 Å². The van der Waals surface area contributed by atoms with Crippen molar-refractivity contribution in [3.63, 3.8) is 0 Å². The van der Waals surface area contributed by atoms with Crippen molar-refractivity contribution in [3.8, 4) is 11.8 Å². The van der Waals surface area contributed by atoms with Crippen molar-refractivity contribution in [1.29, 1.82) is 0 Å². The van der Waals surface area contributed by atoms with E-state index in [-0.39, 0.29) is 29.4 Å². The summed E-state index contributed by atoms with van der Waals surface area (Å²) in [5, 5.41) is 56.0. The molecule has 1 aliphatic heterocycles. The molecule has 4 heterocycles. The quantitative estimate of drug-likeness (QED) is 0.322. The Balaban J connectivity index is 1.80. The van der Waals surface area contributed by atoms with Crippen LogP contribution in [0.15, 0.2) is 12.5 Å². The smallest absolute Gasteiger partial charge is 0.257 e. The summed E-state index contributed by atoms with van der Waals surface area (Å²) in [5.74, 6) is -0.479. The molecule has 0 spiro atoms. The molecule has 0 amide bonds. The van der Waals surface area contributed by atoms with Gasteiger partial charge in [-0.15, -0.1) is 5.10 Å². The number of nitrogens with zero attached hydrogens (tertiary/aromatic N) is 7. The first-order chi connectivity index (χ1) is 12.5. The number of aliphatic hydroxyl groups excluding tert-OH is 4. The Bertz CT molecular complexity index is 942. The molecule has 26 heavy (non-hydrogen) atoms. The van der Waals surface area contributed by atoms with E-state index in [0.29, 0.717) is 0 Å². The fourth-order valence-corrected chi connectivity index (χ4v) is 2.76. The highest BCUT2D eigenvalue weighted by molar-refractivity contribution is 5.76. The zero-order valence-electron chi connectivity index (χ0n) is 13.2. The summed E-state index contributed by atoms with van der Waals surface area (Å²) in [5.41, 5.74) is 0.447. The fourth-order valence-electron chi connectivity index (χ4n) is 2.76. The molecule has 1 saturated heterocycles. The molecule has 13 nitrogen and oxygen atoms in total. The minimum atomic E-state index is -1.34. The molecule has 13 heteroatoms. The minimum Gasteiger partial charge on any atom is -0.492 e. The van der Waals surface area contributed by atoms with Crippen LogP contribution in [0.5, 0.6) is 5.88 Å². The average Bonchev–Trinajstić information content (AvgIpc) is 3.34. The number of imidazole rings is 1. The van der Waals surface area contributed by atoms with Gasteiger partial charge in [-0.1, -0.05) is 5.21 Å². The lowest BCUT2D eigenvalue weighted by molar-refractivity contribution is -0.0511. The Morgan fingerprint density at radius 2 is 1.96 bits per heavy atom. The van der Waals surface area contributed by atoms with Crippen LogP contribution < -0.4 is 0 Å². The van der Waals surface area contributed by atoms with Crippen molar-refractivity contribution in [2.45, 2.75) is 31.1 Å². The van der Waals surface area contributed by atoms with Gasteiger partial charge in [-0.25, -0.2) is 4.98 Å². The van der Waals surface area contributed by atoms with Gasteiger partial charge in [-0.05, 0) is 0 Å². The van der Waals surface area contributed by atoms with E-state index in [1.54, 1.807) is 0 Å². The Hall–Kier alpha value is -2.71. The van der Waals surface area contributed by atoms with Gasteiger partial charge < -0.3 is 30.3 Å². The van der Waals surface area contributed by atoms with Crippen LogP contribution in [0.25, 0.3) is 17.1 Å². The van der Waals surface area contributed by atoms with E-state index >= 15 is 0 Å². The molecule has 0 radical (unpaired) electrons. The zero-order valence-corrected chi connectivity index (χ0v) is 13.2. The molecule has 4 rings (SSSR count). The predicted octanol–water partition coefficient (Wildman–Crippen LogP) is -2.78. The highest BCUT2D eigenvalue weighted by Crippen LogP contribution is 2.32. The summed E-state index contributed by atoms with van der Waals surface area (Å²) in [7, 11) is 0. The number of aromatic nitrogens is 7. The van der Waals surface area contributed by atoms with Crippen LogP contribution in [0.4, 0.5) is 0 Å². The summed E-state index contributed by atoms with van der Waals surface area (Å²) in [4.78, 5) is 12.1. The summed E-state index contributed by atoms with van der Waals surface area (Å²) in [6.45, 7) is -0.801. The van der Waals surface area contributed by atoms with Crippen molar-refractivity contribution in [2.24, 2.45) is 0 Å². The third-order valence-electron chi connectivity index (χ3n) is 4.09. The van der Waals surface area contributed by atoms with Gasteiger partial charge >= 0.3 is 0 Å². The first-order valence-electron chi connectivity index (χ1n) is 7.62. The molecule has 1 fully saturated rings. The molecule has 0 aliphatic carbocycles. The van der Waals surface area contributed by atoms with Gasteiger partial charge in [-0.2, -0.15) is 14.6 Å². The average molecular weight is 365 g/mol. The number of hydrogen-bond acceptors (Lipinski definition) is 11. The van der Waals surface area contributed by atoms with Gasteiger partial charge in [0.05, 0.1) is 25.7 Å². The molecule has 0 aromatic carbocycles. The number of rotatable bonds is 4. The number of aromatic hydroxyl groups is 1. The third-order valence-corrected chi connectivity index (χ3v) is 4.09. The van der Waals surface area contributed by atoms with Crippen molar-refractivity contribution in [1.82, 2.24) is 34.5 Å². The van der Waals surface area contributed by atoms with Crippen molar-refractivity contribution >= 4 is 11.2 Å². The van der Waals surface area contributed by atoms with Crippen LogP contribution >= 0.6 is 0 Å². The van der Waals surface area contributed by atoms with Gasteiger partial charge in [0.15, 0.2) is 17.4 Å². The number of ether oxygens (including phenoxy) is 1. The summed E-state index contributed by atoms with van der Waals surface area (Å²) in [6.07, 6.45) is -2.02. The lowest BCUT2D eigenvalue weighted by atomic mass is 10.1. The Labute approximate surface area is 144 Å². The highest BCUT2D eigenvalue weighted by atomic mass is 16.6. The Morgan fingerprint density at radius 3 is 2.62 bits per heavy atom. The van der Waals surface area contributed by atoms with Crippen LogP contribution in [0, 0.1) is 0 Å². The van der Waals surface area contributed by atoms with E-state index in [4.69, 9.17) is 9.84 Å². The lowest BCUT2D eigenvalue weighted by Gasteiger charge is -2.16. The first kappa shape index (κ1) is 16.7. The maximum atomic E-state index is 10.2. The van der Waals surface area contributed by atoms with Crippen LogP contribution in [0.3, 0.4) is 0 Å². The van der Waals surface area contributed by atoms with Crippen LogP contribution in [-0.4, -0.2) is 85.0 Å². The molecular formula is C13H15N7O6. The zero-order chi connectivity index (χ0) is 18.4. The molecule has 4 atom stereocenters. The second-order valence-electron chi connectivity index (χ2n) is 5.71. The van der Waals surface area contributed by atoms with E-state index in [1.165, 1.54) is 17.1 Å². The van der Waals surface area contributed by atoms with E-state index in [2.05, 4.69) is 25.3 Å². The third kappa shape index (κ3) is 2.49. The second kappa shape index (κ2) is 6.22. The Kier molecular flexibility index (Phi) is 4.01. The van der Waals surface area contributed by atoms with E-state index in [1.807, 2.05) is 0 Å². The molecule has 5 N–H and O–H groups in total. The highest BCUT2D eigenvalue weighted by Gasteiger charge is 2.44. The molecule has 1 aliphatic rings. The normalized spacial score (nSPS) is 26.0. The first-order valence-corrected chi connectivity index (χ1v) is 7.62. The summed E-state index contributed by atoms with van der Waals surface area (Å²) < 4.78 is 7.92. The van der Waals surface area contributed by atoms with Gasteiger partial charge in [0.25, 0.3) is 5.95 Å². The largest absolute Gasteiger partial charge is 0.492 e. The lowest BCUT2D eigenvalue weighted by Crippen LogP contribution is -2.33. The van der Waals surface area contributed by atoms with Gasteiger partial charge in [0.1, 0.15) is 24.0 Å². The molecule has 0 bridgehead atoms. The SMILES string of the molecule is OCc1cn(-c2nc(O)c3ncn([C@@H]4O[C@H](CO)[C@@H](O)[C@H]4O)c3n2)nn1. The molecule has 0 saturated carbocycles. The molecule has 0 unspecified atom stereocenters. The molecule has 3 aromatic rings. The second-order valence-corrected chi connectivity index (χ2v) is 5.71. The predicted molar refractivity (Wildman–Crippen MR) is 80.8 cm³/mol. The minimum absolute atomic E-state index is 0.0457. The number of aliphatic hydroxyl groups is 4.